The highest BCUT2D eigenvalue weighted by Crippen LogP contribution is 2.26. The van der Waals surface area contributed by atoms with E-state index in [0.29, 0.717) is 31.8 Å². The molecule has 0 spiro atoms. The van der Waals surface area contributed by atoms with Gasteiger partial charge in [0.25, 0.3) is 0 Å². The lowest BCUT2D eigenvalue weighted by Gasteiger charge is -2.28. The van der Waals surface area contributed by atoms with Crippen LogP contribution in [0.25, 0.3) is 0 Å². The van der Waals surface area contributed by atoms with E-state index in [9.17, 15) is 9.90 Å². The largest absolute Gasteiger partial charge is 0.389 e. The molecule has 7 atom stereocenters. The minimum absolute atomic E-state index is 0.00232. The molecule has 5 heteroatoms. The molecule has 0 saturated carbocycles. The van der Waals surface area contributed by atoms with Crippen LogP contribution in [-0.2, 0) is 14.3 Å². The third kappa shape index (κ3) is 10.0. The first-order chi connectivity index (χ1) is 17.3. The van der Waals surface area contributed by atoms with E-state index in [1.807, 2.05) is 18.2 Å². The van der Waals surface area contributed by atoms with Crippen molar-refractivity contribution in [3.8, 4) is 0 Å². The molecule has 2 N–H and O–H groups in total. The Hall–Kier alpha value is -2.21. The maximum atomic E-state index is 12.8. The summed E-state index contributed by atoms with van der Waals surface area (Å²) in [4.78, 5) is 12.8. The van der Waals surface area contributed by atoms with E-state index in [4.69, 9.17) is 9.47 Å². The van der Waals surface area contributed by atoms with Gasteiger partial charge in [-0.25, -0.2) is 0 Å². The fourth-order valence-corrected chi connectivity index (χ4v) is 5.15. The van der Waals surface area contributed by atoms with E-state index in [1.165, 1.54) is 5.57 Å². The molecular weight excluding hydrogens is 450 g/mol. The van der Waals surface area contributed by atoms with Crippen LogP contribution in [-0.4, -0.2) is 48.1 Å². The van der Waals surface area contributed by atoms with Gasteiger partial charge in [0.05, 0.1) is 31.0 Å². The smallest absolute Gasteiger partial charge is 0.243 e. The lowest BCUT2D eigenvalue weighted by atomic mass is 9.91. The summed E-state index contributed by atoms with van der Waals surface area (Å²) in [6, 6.07) is -0.0978. The zero-order chi connectivity index (χ0) is 25.9. The van der Waals surface area contributed by atoms with Crippen LogP contribution in [0.1, 0.15) is 65.7 Å². The molecule has 0 aliphatic carbocycles. The third-order valence-electron chi connectivity index (χ3n) is 7.16. The van der Waals surface area contributed by atoms with Gasteiger partial charge in [0.15, 0.2) is 0 Å². The van der Waals surface area contributed by atoms with Gasteiger partial charge >= 0.3 is 0 Å². The van der Waals surface area contributed by atoms with E-state index in [1.54, 1.807) is 6.08 Å². The zero-order valence-electron chi connectivity index (χ0n) is 22.3. The van der Waals surface area contributed by atoms with E-state index in [2.05, 4.69) is 63.0 Å². The van der Waals surface area contributed by atoms with Crippen molar-refractivity contribution < 1.29 is 19.4 Å². The maximum Gasteiger partial charge on any atom is 0.243 e. The van der Waals surface area contributed by atoms with Gasteiger partial charge in [0.2, 0.25) is 5.91 Å². The van der Waals surface area contributed by atoms with Gasteiger partial charge in [0.1, 0.15) is 0 Å². The number of carbonyl (C=O) groups excluding carboxylic acids is 1. The molecule has 0 aromatic carbocycles. The number of aliphatic hydroxyl groups is 1. The summed E-state index contributed by atoms with van der Waals surface area (Å²) in [6.07, 6.45) is 23.2. The number of ether oxygens (including phenoxy) is 2. The summed E-state index contributed by atoms with van der Waals surface area (Å²) in [6.45, 7) is 11.3. The van der Waals surface area contributed by atoms with Crippen molar-refractivity contribution in [3.05, 3.63) is 72.4 Å². The van der Waals surface area contributed by atoms with Crippen LogP contribution in [0, 0.1) is 11.8 Å². The lowest BCUT2D eigenvalue weighted by molar-refractivity contribution is -0.117. The number of aliphatic hydroxyl groups excluding tert-OH is 1. The molecule has 0 radical (unpaired) electrons. The number of amides is 1. The van der Waals surface area contributed by atoms with Crippen molar-refractivity contribution in [2.75, 3.05) is 6.61 Å². The van der Waals surface area contributed by atoms with Crippen molar-refractivity contribution >= 4 is 5.91 Å². The van der Waals surface area contributed by atoms with E-state index in [-0.39, 0.29) is 36.2 Å². The monoisotopic (exact) mass is 495 g/mol. The van der Waals surface area contributed by atoms with Gasteiger partial charge in [-0.2, -0.15) is 0 Å². The molecule has 5 nitrogen and oxygen atoms in total. The summed E-state index contributed by atoms with van der Waals surface area (Å²) >= 11 is 0. The summed E-state index contributed by atoms with van der Waals surface area (Å²) in [5.74, 6) is 0.433. The second-order valence-electron chi connectivity index (χ2n) is 10.8. The van der Waals surface area contributed by atoms with E-state index >= 15 is 0 Å². The zero-order valence-corrected chi connectivity index (χ0v) is 22.3. The van der Waals surface area contributed by atoms with E-state index < -0.39 is 6.10 Å². The quantitative estimate of drug-likeness (QED) is 0.490. The molecule has 3 heterocycles. The van der Waals surface area contributed by atoms with Gasteiger partial charge in [-0.05, 0) is 69.8 Å². The summed E-state index contributed by atoms with van der Waals surface area (Å²) in [5.41, 5.74) is 2.40. The number of carbonyl (C=O) groups is 1. The molecule has 0 aromatic rings. The van der Waals surface area contributed by atoms with Gasteiger partial charge in [-0.1, -0.05) is 80.2 Å². The highest BCUT2D eigenvalue weighted by atomic mass is 16.5. The van der Waals surface area contributed by atoms with Crippen LogP contribution in [0.5, 0.6) is 0 Å². The Kier molecular flexibility index (Phi) is 11.4. The Bertz CT molecular complexity index is 883. The van der Waals surface area contributed by atoms with Gasteiger partial charge in [-0.15, -0.1) is 0 Å². The van der Waals surface area contributed by atoms with Gasteiger partial charge in [0, 0.05) is 6.04 Å². The normalized spacial score (nSPS) is 35.8. The molecule has 0 fully saturated rings. The van der Waals surface area contributed by atoms with Crippen LogP contribution < -0.4 is 5.32 Å². The topological polar surface area (TPSA) is 67.8 Å². The molecule has 0 aromatic heterocycles. The van der Waals surface area contributed by atoms with Crippen molar-refractivity contribution in [2.24, 2.45) is 11.8 Å². The Balaban J connectivity index is 1.70. The molecule has 198 valence electrons. The number of nitrogens with one attached hydrogen (secondary N) is 1. The van der Waals surface area contributed by atoms with Crippen molar-refractivity contribution in [2.45, 2.75) is 96.2 Å². The van der Waals surface area contributed by atoms with Crippen molar-refractivity contribution in [1.82, 2.24) is 5.32 Å². The first-order valence-electron chi connectivity index (χ1n) is 13.5. The number of hydrogen-bond donors (Lipinski definition) is 2. The second kappa shape index (κ2) is 14.5. The first-order valence-corrected chi connectivity index (χ1v) is 13.5. The highest BCUT2D eigenvalue weighted by Gasteiger charge is 2.21. The SMILES string of the molecule is C=C1C[C@H](C)C[C@@H]2CC=C[C@@H](C/C=C\C(=O)N[C@H]([C@@H](C)/C=C/[C@@H]3CC(C)=CCO3)C/C=C/[C@@H](O)C1)O2. The third-order valence-corrected chi connectivity index (χ3v) is 7.16. The minimum atomic E-state index is -0.575. The second-order valence-corrected chi connectivity index (χ2v) is 10.8. The Morgan fingerprint density at radius 3 is 2.75 bits per heavy atom. The number of hydrogen-bond acceptors (Lipinski definition) is 4. The maximum absolute atomic E-state index is 12.8. The van der Waals surface area contributed by atoms with Crippen LogP contribution >= 0.6 is 0 Å². The molecule has 1 amide bonds. The predicted octanol–water partition coefficient (Wildman–Crippen LogP) is 5.74. The van der Waals surface area contributed by atoms with Crippen molar-refractivity contribution in [3.63, 3.8) is 0 Å². The first kappa shape index (κ1) is 28.4. The molecule has 3 aliphatic heterocycles. The van der Waals surface area contributed by atoms with Crippen molar-refractivity contribution in [1.29, 1.82) is 0 Å². The van der Waals surface area contributed by atoms with Crippen LogP contribution in [0.4, 0.5) is 0 Å². The Labute approximate surface area is 217 Å². The minimum Gasteiger partial charge on any atom is -0.389 e. The van der Waals surface area contributed by atoms with E-state index in [0.717, 1.165) is 31.3 Å². The average Bonchev–Trinajstić information content (AvgIpc) is 2.81. The molecule has 3 rings (SSSR count). The Morgan fingerprint density at radius 1 is 1.14 bits per heavy atom. The Morgan fingerprint density at radius 2 is 1.94 bits per heavy atom. The summed E-state index contributed by atoms with van der Waals surface area (Å²) in [7, 11) is 0. The molecule has 0 unspecified atom stereocenters. The van der Waals surface area contributed by atoms with Gasteiger partial charge in [-0.3, -0.25) is 4.79 Å². The lowest BCUT2D eigenvalue weighted by Crippen LogP contribution is -2.37. The molecular formula is C31H45NO4. The molecule has 2 bridgehead atoms. The van der Waals surface area contributed by atoms with Crippen LogP contribution in [0.2, 0.25) is 0 Å². The number of fused-ring (bicyclic) bond motifs is 2. The van der Waals surface area contributed by atoms with Gasteiger partial charge < -0.3 is 19.9 Å². The number of rotatable bonds is 3. The van der Waals surface area contributed by atoms with Crippen LogP contribution in [0.3, 0.4) is 0 Å². The van der Waals surface area contributed by atoms with Crippen LogP contribution in [0.15, 0.2) is 72.4 Å². The summed E-state index contributed by atoms with van der Waals surface area (Å²) < 4.78 is 12.1. The average molecular weight is 496 g/mol. The fraction of sp³-hybridized carbons (Fsp3) is 0.581. The fourth-order valence-electron chi connectivity index (χ4n) is 5.15. The predicted molar refractivity (Wildman–Crippen MR) is 146 cm³/mol. The molecule has 3 aliphatic rings. The molecule has 36 heavy (non-hydrogen) atoms. The summed E-state index contributed by atoms with van der Waals surface area (Å²) in [5, 5.41) is 13.7. The highest BCUT2D eigenvalue weighted by molar-refractivity contribution is 5.87. The standard InChI is InChI=1S/C31H45NO4/c1-22-16-17-35-28(20-22)15-14-25(4)30-12-5-8-26(33)19-23(2)18-24(3)21-29-11-6-9-27(36-29)10-7-13-31(34)32-30/h5-9,13-16,24-30,33H,2,10-12,17-21H2,1,3-4H3,(H,32,34)/b8-5+,13-7-,15-14+/t24-,25-,26+,27-,28+,29-,30-/m0/s1. The molecule has 0 saturated heterocycles.